The minimum absolute atomic E-state index is 0.155. The molecule has 0 aliphatic carbocycles. The second-order valence-corrected chi connectivity index (χ2v) is 8.68. The molecule has 0 aliphatic rings. The predicted molar refractivity (Wildman–Crippen MR) is 137 cm³/mol. The maximum atomic E-state index is 12.5. The summed E-state index contributed by atoms with van der Waals surface area (Å²) < 4.78 is 16.2. The molecule has 0 bridgehead atoms. The molecule has 0 saturated carbocycles. The van der Waals surface area contributed by atoms with E-state index in [-0.39, 0.29) is 27.1 Å². The number of halogens is 4. The lowest BCUT2D eigenvalue weighted by atomic mass is 10.2. The smallest absolute Gasteiger partial charge is 0.345 e. The van der Waals surface area contributed by atoms with Crippen LogP contribution in [0.1, 0.15) is 22.8 Å². The van der Waals surface area contributed by atoms with E-state index in [1.807, 2.05) is 0 Å². The fraction of sp³-hybridized carbons (Fsp3) is 0.125. The predicted octanol–water partition coefficient (Wildman–Crippen LogP) is 6.45. The van der Waals surface area contributed by atoms with Gasteiger partial charge in [0.25, 0.3) is 5.91 Å². The Morgan fingerprint density at radius 2 is 1.54 bits per heavy atom. The van der Waals surface area contributed by atoms with Gasteiger partial charge in [-0.2, -0.15) is 5.10 Å². The zero-order chi connectivity index (χ0) is 25.5. The SMILES string of the molecule is COc1cc(/C=N\NC(=O)[C@H](C)Oc2ccc(Cl)cc2Cl)ccc1OC(=O)c1ccc(Cl)cc1Cl. The van der Waals surface area contributed by atoms with Gasteiger partial charge < -0.3 is 14.2 Å². The molecule has 11 heteroatoms. The second-order valence-electron chi connectivity index (χ2n) is 6.99. The van der Waals surface area contributed by atoms with E-state index in [9.17, 15) is 9.59 Å². The Balaban J connectivity index is 1.62. The van der Waals surface area contributed by atoms with Crippen LogP contribution in [0.25, 0.3) is 0 Å². The highest BCUT2D eigenvalue weighted by Crippen LogP contribution is 2.30. The van der Waals surface area contributed by atoms with Crippen LogP contribution in [-0.4, -0.2) is 31.3 Å². The zero-order valence-electron chi connectivity index (χ0n) is 18.4. The lowest BCUT2D eigenvalue weighted by molar-refractivity contribution is -0.127. The Kier molecular flexibility index (Phi) is 9.23. The molecule has 0 saturated heterocycles. The van der Waals surface area contributed by atoms with Crippen molar-refractivity contribution >= 4 is 64.5 Å². The largest absolute Gasteiger partial charge is 0.493 e. The molecule has 3 aromatic rings. The summed E-state index contributed by atoms with van der Waals surface area (Å²) >= 11 is 23.8. The third-order valence-corrected chi connectivity index (χ3v) is 5.57. The molecule has 3 rings (SSSR count). The maximum absolute atomic E-state index is 12.5. The first-order valence-electron chi connectivity index (χ1n) is 9.98. The van der Waals surface area contributed by atoms with E-state index in [1.54, 1.807) is 31.2 Å². The summed E-state index contributed by atoms with van der Waals surface area (Å²) in [5.74, 6) is -0.408. The molecule has 35 heavy (non-hydrogen) atoms. The number of ether oxygens (including phenoxy) is 3. The van der Waals surface area contributed by atoms with Gasteiger partial charge in [0.1, 0.15) is 5.75 Å². The molecular weight excluding hydrogens is 538 g/mol. The highest BCUT2D eigenvalue weighted by atomic mass is 35.5. The molecule has 1 atom stereocenters. The summed E-state index contributed by atoms with van der Waals surface area (Å²) in [6.45, 7) is 1.55. The van der Waals surface area contributed by atoms with Crippen LogP contribution in [0.5, 0.6) is 17.2 Å². The summed E-state index contributed by atoms with van der Waals surface area (Å²) in [5, 5.41) is 5.22. The van der Waals surface area contributed by atoms with Crippen molar-refractivity contribution in [1.29, 1.82) is 0 Å². The number of nitrogens with one attached hydrogen (secondary N) is 1. The maximum Gasteiger partial charge on any atom is 0.345 e. The van der Waals surface area contributed by atoms with Crippen molar-refractivity contribution in [1.82, 2.24) is 5.43 Å². The van der Waals surface area contributed by atoms with Crippen molar-refractivity contribution in [2.45, 2.75) is 13.0 Å². The van der Waals surface area contributed by atoms with Crippen molar-refractivity contribution in [3.05, 3.63) is 85.8 Å². The van der Waals surface area contributed by atoms with E-state index < -0.39 is 18.0 Å². The number of hydrogen-bond donors (Lipinski definition) is 1. The van der Waals surface area contributed by atoms with Gasteiger partial charge in [0.2, 0.25) is 0 Å². The molecule has 0 heterocycles. The number of rotatable bonds is 8. The number of nitrogens with zero attached hydrogens (tertiary/aromatic N) is 1. The Morgan fingerprint density at radius 1 is 0.886 bits per heavy atom. The van der Waals surface area contributed by atoms with Gasteiger partial charge in [0, 0.05) is 10.0 Å². The lowest BCUT2D eigenvalue weighted by Gasteiger charge is -2.14. The number of carbonyl (C=O) groups is 2. The van der Waals surface area contributed by atoms with Crippen molar-refractivity contribution in [3.63, 3.8) is 0 Å². The van der Waals surface area contributed by atoms with Crippen molar-refractivity contribution in [2.75, 3.05) is 7.11 Å². The number of hydrazone groups is 1. The summed E-state index contributed by atoms with van der Waals surface area (Å²) in [4.78, 5) is 24.8. The number of amides is 1. The fourth-order valence-corrected chi connectivity index (χ4v) is 3.67. The van der Waals surface area contributed by atoms with Gasteiger partial charge in [-0.15, -0.1) is 0 Å². The Bertz CT molecular complexity index is 1280. The molecule has 0 aromatic heterocycles. The van der Waals surface area contributed by atoms with E-state index in [2.05, 4.69) is 10.5 Å². The molecule has 182 valence electrons. The van der Waals surface area contributed by atoms with E-state index >= 15 is 0 Å². The minimum Gasteiger partial charge on any atom is -0.493 e. The molecule has 1 amide bonds. The topological polar surface area (TPSA) is 86.2 Å². The Labute approximate surface area is 221 Å². The number of hydrogen-bond acceptors (Lipinski definition) is 6. The van der Waals surface area contributed by atoms with Gasteiger partial charge in [-0.05, 0) is 67.1 Å². The summed E-state index contributed by atoms with van der Waals surface area (Å²) in [6, 6.07) is 13.9. The highest BCUT2D eigenvalue weighted by Gasteiger charge is 2.17. The summed E-state index contributed by atoms with van der Waals surface area (Å²) in [5.41, 5.74) is 3.11. The van der Waals surface area contributed by atoms with Crippen LogP contribution in [0.3, 0.4) is 0 Å². The average molecular weight is 556 g/mol. The third kappa shape index (κ3) is 7.26. The van der Waals surface area contributed by atoms with Gasteiger partial charge in [0.05, 0.1) is 28.9 Å². The van der Waals surface area contributed by atoms with E-state index in [4.69, 9.17) is 60.6 Å². The minimum atomic E-state index is -0.873. The quantitative estimate of drug-likeness (QED) is 0.149. The fourth-order valence-electron chi connectivity index (χ4n) is 2.73. The van der Waals surface area contributed by atoms with Gasteiger partial charge in [-0.25, -0.2) is 10.2 Å². The van der Waals surface area contributed by atoms with Gasteiger partial charge >= 0.3 is 5.97 Å². The first-order valence-corrected chi connectivity index (χ1v) is 11.5. The summed E-state index contributed by atoms with van der Waals surface area (Å²) in [7, 11) is 1.42. The molecule has 0 aliphatic heterocycles. The van der Waals surface area contributed by atoms with Crippen LogP contribution in [0.2, 0.25) is 20.1 Å². The van der Waals surface area contributed by atoms with Crippen LogP contribution < -0.4 is 19.6 Å². The van der Waals surface area contributed by atoms with Gasteiger partial charge in [0.15, 0.2) is 17.6 Å². The Hall–Kier alpha value is -2.97. The standard InChI is InChI=1S/C24H18Cl4N2O5/c1-13(34-20-8-5-16(26)11-19(20)28)23(31)30-29-12-14-3-7-21(22(9-14)33-2)35-24(32)17-6-4-15(25)10-18(17)27/h3-13H,1-2H3,(H,30,31)/b29-12-/t13-/m0/s1. The zero-order valence-corrected chi connectivity index (χ0v) is 21.4. The molecule has 0 fully saturated rings. The first kappa shape index (κ1) is 26.6. The molecule has 0 spiro atoms. The van der Waals surface area contributed by atoms with Crippen LogP contribution in [0, 0.1) is 0 Å². The van der Waals surface area contributed by atoms with E-state index in [1.165, 1.54) is 43.7 Å². The molecule has 1 N–H and O–H groups in total. The number of carbonyl (C=O) groups excluding carboxylic acids is 2. The molecule has 0 radical (unpaired) electrons. The average Bonchev–Trinajstić information content (AvgIpc) is 2.81. The monoisotopic (exact) mass is 554 g/mol. The lowest BCUT2D eigenvalue weighted by Crippen LogP contribution is -2.33. The number of esters is 1. The second kappa shape index (κ2) is 12.1. The molecule has 0 unspecified atom stereocenters. The van der Waals surface area contributed by atoms with Crippen LogP contribution >= 0.6 is 46.4 Å². The van der Waals surface area contributed by atoms with Crippen molar-refractivity contribution in [2.24, 2.45) is 5.10 Å². The number of methoxy groups -OCH3 is 1. The number of benzene rings is 3. The molecular formula is C24H18Cl4N2O5. The van der Waals surface area contributed by atoms with Crippen molar-refractivity contribution in [3.8, 4) is 17.2 Å². The third-order valence-electron chi connectivity index (χ3n) is 4.50. The van der Waals surface area contributed by atoms with Crippen LogP contribution in [-0.2, 0) is 4.79 Å². The van der Waals surface area contributed by atoms with E-state index in [0.29, 0.717) is 21.4 Å². The van der Waals surface area contributed by atoms with Crippen LogP contribution in [0.15, 0.2) is 59.7 Å². The van der Waals surface area contributed by atoms with Gasteiger partial charge in [-0.3, -0.25) is 4.79 Å². The summed E-state index contributed by atoms with van der Waals surface area (Å²) in [6.07, 6.45) is 0.520. The molecule has 3 aromatic carbocycles. The molecule has 7 nitrogen and oxygen atoms in total. The Morgan fingerprint density at radius 3 is 2.20 bits per heavy atom. The van der Waals surface area contributed by atoms with Crippen LogP contribution in [0.4, 0.5) is 0 Å². The first-order chi connectivity index (χ1) is 16.7. The normalized spacial score (nSPS) is 11.7. The van der Waals surface area contributed by atoms with Gasteiger partial charge in [-0.1, -0.05) is 46.4 Å². The highest BCUT2D eigenvalue weighted by molar-refractivity contribution is 6.36. The van der Waals surface area contributed by atoms with E-state index in [0.717, 1.165) is 0 Å². The van der Waals surface area contributed by atoms with Crippen molar-refractivity contribution < 1.29 is 23.8 Å².